The van der Waals surface area contributed by atoms with E-state index in [1.807, 2.05) is 49.8 Å². The Bertz CT molecular complexity index is 1100. The lowest BCUT2D eigenvalue weighted by Gasteiger charge is -2.39. The van der Waals surface area contributed by atoms with Crippen molar-refractivity contribution in [1.29, 1.82) is 0 Å². The van der Waals surface area contributed by atoms with Crippen LogP contribution in [-0.4, -0.2) is 57.1 Å². The summed E-state index contributed by atoms with van der Waals surface area (Å²) in [4.78, 5) is 25.4. The molecule has 3 atom stereocenters. The van der Waals surface area contributed by atoms with Crippen molar-refractivity contribution < 1.29 is 19.4 Å². The number of piperidine rings is 1. The van der Waals surface area contributed by atoms with Gasteiger partial charge in [0.05, 0.1) is 17.6 Å². The minimum atomic E-state index is -0.966. The molecule has 1 aromatic carbocycles. The Balaban J connectivity index is 1.62. The molecule has 37 heavy (non-hydrogen) atoms. The molecular weight excluding hydrogens is 470 g/mol. The summed E-state index contributed by atoms with van der Waals surface area (Å²) in [5.74, 6) is -0.117. The number of carbonyl (C=O) groups is 2. The van der Waals surface area contributed by atoms with Crippen LogP contribution in [0.15, 0.2) is 36.7 Å². The molecule has 0 radical (unpaired) electrons. The first-order valence-electron chi connectivity index (χ1n) is 13.0. The Morgan fingerprint density at radius 2 is 2.11 bits per heavy atom. The quantitative estimate of drug-likeness (QED) is 0.312. The fourth-order valence-corrected chi connectivity index (χ4v) is 4.92. The molecule has 1 amide bonds. The van der Waals surface area contributed by atoms with Crippen LogP contribution in [0.3, 0.4) is 0 Å². The lowest BCUT2D eigenvalue weighted by atomic mass is 9.82. The Labute approximate surface area is 219 Å². The van der Waals surface area contributed by atoms with Crippen LogP contribution in [0.1, 0.15) is 70.4 Å². The van der Waals surface area contributed by atoms with Crippen LogP contribution < -0.4 is 11.1 Å². The van der Waals surface area contributed by atoms with Crippen molar-refractivity contribution >= 4 is 29.5 Å². The Hall–Kier alpha value is -3.33. The molecule has 9 nitrogen and oxygen atoms in total. The number of aliphatic carboxylic acids is 1. The van der Waals surface area contributed by atoms with Crippen LogP contribution in [0, 0.1) is 5.92 Å². The number of anilines is 2. The fraction of sp³-hybridized carbons (Fsp3) is 0.536. The lowest BCUT2D eigenvalue weighted by Crippen LogP contribution is -2.41. The SMILES string of the molecule is CCC(CC1CC(Cn2cc(/C=C/C(=O)O)cn2)CCN1C)c1ccc(NC(=O)OC(C)(C)C)c(N)c1. The van der Waals surface area contributed by atoms with Gasteiger partial charge < -0.3 is 20.5 Å². The number of rotatable bonds is 9. The van der Waals surface area contributed by atoms with E-state index in [4.69, 9.17) is 15.6 Å². The maximum absolute atomic E-state index is 12.1. The van der Waals surface area contributed by atoms with Gasteiger partial charge in [0.25, 0.3) is 0 Å². The standard InChI is InChI=1S/C28H41N5O4/c1-6-21(22-8-9-25(24(29)15-22)31-27(36)37-28(2,3)4)14-23-13-19(11-12-32(23)5)17-33-18-20(16-30-33)7-10-26(34)35/h7-10,15-16,18-19,21,23H,6,11-14,17,29H2,1-5H3,(H,31,36)(H,34,35)/b10-7+. The van der Waals surface area contributed by atoms with Gasteiger partial charge in [-0.25, -0.2) is 9.59 Å². The number of nitrogens with one attached hydrogen (secondary N) is 1. The van der Waals surface area contributed by atoms with Gasteiger partial charge in [-0.3, -0.25) is 10.00 Å². The molecule has 1 aliphatic heterocycles. The summed E-state index contributed by atoms with van der Waals surface area (Å²) in [6.45, 7) is 9.52. The fourth-order valence-electron chi connectivity index (χ4n) is 4.92. The summed E-state index contributed by atoms with van der Waals surface area (Å²) < 4.78 is 7.26. The van der Waals surface area contributed by atoms with Gasteiger partial charge in [0.2, 0.25) is 0 Å². The van der Waals surface area contributed by atoms with E-state index in [1.54, 1.807) is 12.3 Å². The van der Waals surface area contributed by atoms with Gasteiger partial charge in [0, 0.05) is 30.4 Å². The van der Waals surface area contributed by atoms with Crippen molar-refractivity contribution in [2.45, 2.75) is 77.5 Å². The number of aromatic nitrogens is 2. The molecule has 3 unspecified atom stereocenters. The average Bonchev–Trinajstić information content (AvgIpc) is 3.25. The predicted molar refractivity (Wildman–Crippen MR) is 146 cm³/mol. The third-order valence-corrected chi connectivity index (χ3v) is 6.87. The summed E-state index contributed by atoms with van der Waals surface area (Å²) in [7, 11) is 2.19. The second kappa shape index (κ2) is 12.3. The zero-order valence-corrected chi connectivity index (χ0v) is 22.6. The first-order valence-corrected chi connectivity index (χ1v) is 13.0. The molecule has 1 saturated heterocycles. The number of carboxylic acid groups (broad SMARTS) is 1. The van der Waals surface area contributed by atoms with E-state index in [0.29, 0.717) is 29.3 Å². The summed E-state index contributed by atoms with van der Waals surface area (Å²) in [6, 6.07) is 6.31. The minimum absolute atomic E-state index is 0.349. The highest BCUT2D eigenvalue weighted by molar-refractivity contribution is 5.89. The third kappa shape index (κ3) is 8.63. The topological polar surface area (TPSA) is 123 Å². The normalized spacial score (nSPS) is 19.6. The van der Waals surface area contributed by atoms with Crippen LogP contribution in [0.25, 0.3) is 6.08 Å². The van der Waals surface area contributed by atoms with Gasteiger partial charge in [0.15, 0.2) is 0 Å². The maximum atomic E-state index is 12.1. The van der Waals surface area contributed by atoms with E-state index in [9.17, 15) is 9.59 Å². The smallest absolute Gasteiger partial charge is 0.412 e. The van der Waals surface area contributed by atoms with Crippen molar-refractivity contribution in [2.24, 2.45) is 5.92 Å². The van der Waals surface area contributed by atoms with Gasteiger partial charge in [-0.1, -0.05) is 13.0 Å². The summed E-state index contributed by atoms with van der Waals surface area (Å²) >= 11 is 0. The molecule has 202 valence electrons. The second-order valence-electron chi connectivity index (χ2n) is 11.0. The summed E-state index contributed by atoms with van der Waals surface area (Å²) in [6.07, 6.45) is 9.96. The van der Waals surface area contributed by atoms with Crippen molar-refractivity contribution in [1.82, 2.24) is 14.7 Å². The van der Waals surface area contributed by atoms with E-state index in [1.165, 1.54) is 5.56 Å². The molecule has 2 aromatic rings. The molecule has 1 aliphatic rings. The van der Waals surface area contributed by atoms with Crippen molar-refractivity contribution in [3.8, 4) is 0 Å². The average molecular weight is 512 g/mol. The highest BCUT2D eigenvalue weighted by atomic mass is 16.6. The van der Waals surface area contributed by atoms with Crippen LogP contribution in [-0.2, 0) is 16.1 Å². The highest BCUT2D eigenvalue weighted by Crippen LogP contribution is 2.34. The van der Waals surface area contributed by atoms with Crippen LogP contribution >= 0.6 is 0 Å². The highest BCUT2D eigenvalue weighted by Gasteiger charge is 2.29. The second-order valence-corrected chi connectivity index (χ2v) is 11.0. The number of nitrogen functional groups attached to an aromatic ring is 1. The van der Waals surface area contributed by atoms with E-state index >= 15 is 0 Å². The number of carboxylic acids is 1. The zero-order valence-electron chi connectivity index (χ0n) is 22.6. The monoisotopic (exact) mass is 511 g/mol. The molecule has 3 rings (SSSR count). The van der Waals surface area contributed by atoms with E-state index in [-0.39, 0.29) is 0 Å². The van der Waals surface area contributed by atoms with Crippen LogP contribution in [0.4, 0.5) is 16.2 Å². The van der Waals surface area contributed by atoms with Gasteiger partial charge in [0.1, 0.15) is 5.60 Å². The lowest BCUT2D eigenvalue weighted by molar-refractivity contribution is -0.131. The number of benzene rings is 1. The maximum Gasteiger partial charge on any atom is 0.412 e. The predicted octanol–water partition coefficient (Wildman–Crippen LogP) is 5.20. The number of hydrogen-bond acceptors (Lipinski definition) is 6. The number of likely N-dealkylation sites (tertiary alicyclic amines) is 1. The van der Waals surface area contributed by atoms with Crippen LogP contribution in [0.5, 0.6) is 0 Å². The first-order chi connectivity index (χ1) is 17.4. The van der Waals surface area contributed by atoms with Crippen molar-refractivity contribution in [3.63, 3.8) is 0 Å². The number of hydrogen-bond donors (Lipinski definition) is 3. The van der Waals surface area contributed by atoms with E-state index in [0.717, 1.165) is 50.4 Å². The largest absolute Gasteiger partial charge is 0.478 e. The number of nitrogens with zero attached hydrogens (tertiary/aromatic N) is 3. The number of ether oxygens (including phenoxy) is 1. The van der Waals surface area contributed by atoms with Gasteiger partial charge in [-0.05, 0) is 95.7 Å². The zero-order chi connectivity index (χ0) is 27.2. The van der Waals surface area contributed by atoms with Gasteiger partial charge >= 0.3 is 12.1 Å². The molecule has 0 bridgehead atoms. The molecule has 2 heterocycles. The Kier molecular flexibility index (Phi) is 9.37. The number of nitrogens with two attached hydrogens (primary N) is 1. The summed E-state index contributed by atoms with van der Waals surface area (Å²) in [5, 5.41) is 16.0. The molecule has 9 heteroatoms. The molecule has 0 aliphatic carbocycles. The van der Waals surface area contributed by atoms with Gasteiger partial charge in [-0.2, -0.15) is 5.10 Å². The third-order valence-electron chi connectivity index (χ3n) is 6.87. The van der Waals surface area contributed by atoms with Crippen molar-refractivity contribution in [2.75, 3.05) is 24.6 Å². The van der Waals surface area contributed by atoms with E-state index < -0.39 is 17.7 Å². The summed E-state index contributed by atoms with van der Waals surface area (Å²) in [5.41, 5.74) is 8.78. The Morgan fingerprint density at radius 1 is 1.35 bits per heavy atom. The number of carbonyl (C=O) groups excluding carboxylic acids is 1. The molecule has 1 aromatic heterocycles. The van der Waals surface area contributed by atoms with Gasteiger partial charge in [-0.15, -0.1) is 0 Å². The molecular formula is C28H41N5O4. The van der Waals surface area contributed by atoms with Crippen molar-refractivity contribution in [3.05, 3.63) is 47.8 Å². The number of amides is 1. The molecule has 4 N–H and O–H groups in total. The minimum Gasteiger partial charge on any atom is -0.478 e. The van der Waals surface area contributed by atoms with Crippen LogP contribution in [0.2, 0.25) is 0 Å². The molecule has 1 fully saturated rings. The van der Waals surface area contributed by atoms with E-state index in [2.05, 4.69) is 29.3 Å². The Morgan fingerprint density at radius 3 is 2.76 bits per heavy atom. The molecule has 0 spiro atoms. The first kappa shape index (κ1) is 28.2. The molecule has 0 saturated carbocycles.